The molecule has 0 N–H and O–H groups in total. The van der Waals surface area contributed by atoms with Crippen LogP contribution in [0.2, 0.25) is 0 Å². The average Bonchev–Trinajstić information content (AvgIpc) is 3.18. The van der Waals surface area contributed by atoms with Crippen molar-refractivity contribution in [3.05, 3.63) is 47.7 Å². The first-order valence-corrected chi connectivity index (χ1v) is 14.0. The number of aliphatic imine (C=N–C) groups is 2. The molecule has 4 aliphatic rings. The van der Waals surface area contributed by atoms with Crippen LogP contribution in [0.5, 0.6) is 0 Å². The van der Waals surface area contributed by atoms with Gasteiger partial charge in [-0.3, -0.25) is 4.42 Å². The topological polar surface area (TPSA) is 74.6 Å². The Bertz CT molecular complexity index is 1200. The summed E-state index contributed by atoms with van der Waals surface area (Å²) in [5.74, 6) is 2.08. The molecule has 1 aromatic carbocycles. The molecule has 0 aliphatic carbocycles. The van der Waals surface area contributed by atoms with Crippen LogP contribution in [0.25, 0.3) is 5.70 Å². The van der Waals surface area contributed by atoms with E-state index in [2.05, 4.69) is 18.0 Å². The van der Waals surface area contributed by atoms with Gasteiger partial charge >= 0.3 is 0 Å². The minimum absolute atomic E-state index is 0.0568. The zero-order valence-corrected chi connectivity index (χ0v) is 21.3. The normalized spacial score (nSPS) is 25.7. The van der Waals surface area contributed by atoms with E-state index in [1.165, 1.54) is 0 Å². The predicted molar refractivity (Wildman–Crippen MR) is 135 cm³/mol. The Morgan fingerprint density at radius 2 is 2.03 bits per heavy atom. The lowest BCUT2D eigenvalue weighted by atomic mass is 9.73. The molecule has 1 fully saturated rings. The summed E-state index contributed by atoms with van der Waals surface area (Å²) in [6.45, 7) is 5.08. The van der Waals surface area contributed by atoms with Crippen LogP contribution in [0, 0.1) is 11.3 Å². The largest absolute Gasteiger partial charge is 0.480 e. The van der Waals surface area contributed by atoms with Crippen LogP contribution >= 0.6 is 11.8 Å². The lowest BCUT2D eigenvalue weighted by Gasteiger charge is -2.37. The fraction of sp³-hybridized carbons (Fsp3) is 0.520. The first-order valence-electron chi connectivity index (χ1n) is 12.0. The number of amidine groups is 1. The van der Waals surface area contributed by atoms with Crippen LogP contribution in [-0.2, 0) is 14.6 Å². The van der Waals surface area contributed by atoms with Crippen LogP contribution in [0.15, 0.2) is 57.0 Å². The molecule has 4 aliphatic heterocycles. The molecule has 5 rings (SSSR count). The summed E-state index contributed by atoms with van der Waals surface area (Å²) < 4.78 is 32.8. The second-order valence-corrected chi connectivity index (χ2v) is 12.3. The molecule has 0 saturated carbocycles. The summed E-state index contributed by atoms with van der Waals surface area (Å²) in [4.78, 5) is 12.5. The molecule has 9 heteroatoms. The molecule has 0 aromatic heterocycles. The van der Waals surface area contributed by atoms with E-state index in [1.807, 2.05) is 12.3 Å². The molecule has 0 radical (unpaired) electrons. The quantitative estimate of drug-likeness (QED) is 0.566. The fourth-order valence-electron chi connectivity index (χ4n) is 5.16. The second-order valence-electron chi connectivity index (χ2n) is 9.60. The van der Waals surface area contributed by atoms with Gasteiger partial charge in [-0.2, -0.15) is 0 Å². The minimum atomic E-state index is -3.32. The van der Waals surface area contributed by atoms with E-state index in [0.29, 0.717) is 29.8 Å². The lowest BCUT2D eigenvalue weighted by Crippen LogP contribution is -2.39. The Labute approximate surface area is 206 Å². The van der Waals surface area contributed by atoms with Crippen molar-refractivity contribution in [3.63, 3.8) is 0 Å². The molecular weight excluding hydrogens is 472 g/mol. The SMILES string of the molecule is CCS(=O)(=O)c1cccc(C2=C3CN(Cl)C=CC34CCC(OCC3CCN(C)CC3)=NC4=N2)c1. The van der Waals surface area contributed by atoms with Crippen molar-refractivity contribution in [2.75, 3.05) is 39.0 Å². The van der Waals surface area contributed by atoms with Gasteiger partial charge in [-0.1, -0.05) is 19.1 Å². The van der Waals surface area contributed by atoms with E-state index in [1.54, 1.807) is 29.5 Å². The molecule has 7 nitrogen and oxygen atoms in total. The van der Waals surface area contributed by atoms with E-state index >= 15 is 0 Å². The van der Waals surface area contributed by atoms with Gasteiger partial charge in [-0.05, 0) is 69.1 Å². The summed E-state index contributed by atoms with van der Waals surface area (Å²) >= 11 is 6.37. The summed E-state index contributed by atoms with van der Waals surface area (Å²) in [7, 11) is -1.16. The van der Waals surface area contributed by atoms with Crippen molar-refractivity contribution in [1.29, 1.82) is 0 Å². The summed E-state index contributed by atoms with van der Waals surface area (Å²) in [5, 5.41) is 0. The molecule has 1 spiro atoms. The average molecular weight is 503 g/mol. The van der Waals surface area contributed by atoms with Crippen LogP contribution < -0.4 is 0 Å². The Hall–Kier alpha value is -2.16. The molecule has 1 saturated heterocycles. The highest BCUT2D eigenvalue weighted by Crippen LogP contribution is 2.50. The maximum Gasteiger partial charge on any atom is 0.189 e. The fourth-order valence-corrected chi connectivity index (χ4v) is 6.26. The van der Waals surface area contributed by atoms with Crippen molar-refractivity contribution in [1.82, 2.24) is 9.32 Å². The Morgan fingerprint density at radius 1 is 1.24 bits per heavy atom. The third kappa shape index (κ3) is 4.32. The second kappa shape index (κ2) is 9.13. The smallest absolute Gasteiger partial charge is 0.189 e. The molecule has 1 aromatic rings. The van der Waals surface area contributed by atoms with Crippen molar-refractivity contribution >= 4 is 39.0 Å². The summed E-state index contributed by atoms with van der Waals surface area (Å²) in [6, 6.07) is 7.04. The van der Waals surface area contributed by atoms with Crippen LogP contribution in [0.1, 0.15) is 38.2 Å². The predicted octanol–water partition coefficient (Wildman–Crippen LogP) is 4.12. The molecule has 1 unspecified atom stereocenters. The number of ether oxygens (including phenoxy) is 1. The van der Waals surface area contributed by atoms with Gasteiger partial charge in [0.05, 0.1) is 34.9 Å². The Balaban J connectivity index is 1.45. The summed E-state index contributed by atoms with van der Waals surface area (Å²) in [5.41, 5.74) is 2.18. The van der Waals surface area contributed by atoms with Crippen LogP contribution in [0.3, 0.4) is 0 Å². The molecule has 0 amide bonds. The Morgan fingerprint density at radius 3 is 2.79 bits per heavy atom. The molecule has 0 bridgehead atoms. The Kier molecular flexibility index (Phi) is 6.33. The lowest BCUT2D eigenvalue weighted by molar-refractivity contribution is 0.151. The van der Waals surface area contributed by atoms with Crippen molar-refractivity contribution in [2.45, 2.75) is 37.5 Å². The number of sulfone groups is 1. The van der Waals surface area contributed by atoms with Gasteiger partial charge in [-0.25, -0.2) is 18.4 Å². The summed E-state index contributed by atoms with van der Waals surface area (Å²) in [6.07, 6.45) is 7.80. The van der Waals surface area contributed by atoms with Gasteiger partial charge in [0, 0.05) is 30.0 Å². The van der Waals surface area contributed by atoms with Crippen molar-refractivity contribution in [2.24, 2.45) is 21.3 Å². The highest BCUT2D eigenvalue weighted by atomic mass is 35.5. The number of rotatable bonds is 5. The van der Waals surface area contributed by atoms with Gasteiger partial charge in [-0.15, -0.1) is 0 Å². The van der Waals surface area contributed by atoms with E-state index in [-0.39, 0.29) is 5.75 Å². The number of halogens is 1. The van der Waals surface area contributed by atoms with Gasteiger partial charge in [0.1, 0.15) is 5.84 Å². The first-order chi connectivity index (χ1) is 16.3. The van der Waals surface area contributed by atoms with Gasteiger partial charge < -0.3 is 9.64 Å². The van der Waals surface area contributed by atoms with Gasteiger partial charge in [0.15, 0.2) is 15.7 Å². The van der Waals surface area contributed by atoms with Gasteiger partial charge in [0.25, 0.3) is 0 Å². The monoisotopic (exact) mass is 502 g/mol. The zero-order chi connectivity index (χ0) is 23.9. The van der Waals surface area contributed by atoms with E-state index < -0.39 is 15.3 Å². The number of hydrogen-bond donors (Lipinski definition) is 0. The van der Waals surface area contributed by atoms with Crippen molar-refractivity contribution < 1.29 is 13.2 Å². The molecular formula is C25H31ClN4O3S. The van der Waals surface area contributed by atoms with Crippen molar-refractivity contribution in [3.8, 4) is 0 Å². The van der Waals surface area contributed by atoms with Gasteiger partial charge in [0.2, 0.25) is 0 Å². The highest BCUT2D eigenvalue weighted by molar-refractivity contribution is 7.91. The zero-order valence-electron chi connectivity index (χ0n) is 19.7. The van der Waals surface area contributed by atoms with E-state index in [0.717, 1.165) is 61.5 Å². The van der Waals surface area contributed by atoms with E-state index in [9.17, 15) is 8.42 Å². The molecule has 4 heterocycles. The number of hydrogen-bond acceptors (Lipinski definition) is 7. The first kappa shape index (κ1) is 23.6. The number of likely N-dealkylation sites (tertiary alicyclic amines) is 1. The van der Waals surface area contributed by atoms with E-state index in [4.69, 9.17) is 26.5 Å². The standard InChI is InChI=1S/C25H31ClN4O3S/c1-3-34(31,32)20-6-4-5-19(15-20)23-21-16-30(26)14-11-25(21)10-7-22(27-24(25)28-23)33-17-18-8-12-29(2)13-9-18/h4-6,11,14-15,18H,3,7-10,12-13,16-17H2,1-2H3. The molecule has 34 heavy (non-hydrogen) atoms. The molecule has 1 atom stereocenters. The third-order valence-electron chi connectivity index (χ3n) is 7.41. The molecule has 182 valence electrons. The van der Waals surface area contributed by atoms with Crippen LogP contribution in [-0.4, -0.2) is 68.5 Å². The van der Waals surface area contributed by atoms with Crippen LogP contribution in [0.4, 0.5) is 0 Å². The number of benzene rings is 1. The third-order valence-corrected chi connectivity index (χ3v) is 9.37. The maximum absolute atomic E-state index is 12.5. The minimum Gasteiger partial charge on any atom is -0.480 e. The number of piperidine rings is 1. The highest BCUT2D eigenvalue weighted by Gasteiger charge is 2.48. The number of nitrogens with zero attached hydrogens (tertiary/aromatic N) is 4. The maximum atomic E-state index is 12.5.